The number of carboxylic acids is 1. The van der Waals surface area contributed by atoms with Gasteiger partial charge in [0.25, 0.3) is 0 Å². The first kappa shape index (κ1) is 11.7. The lowest BCUT2D eigenvalue weighted by Crippen LogP contribution is -2.25. The molecule has 0 heterocycles. The number of unbranched alkanes of at least 4 members (excludes halogenated alkanes) is 1. The second-order valence-corrected chi connectivity index (χ2v) is 2.79. The number of carbonyl (C=O) groups excluding carboxylic acids is 1. The van der Waals surface area contributed by atoms with Gasteiger partial charge in [-0.1, -0.05) is 19.9 Å². The molecule has 13 heavy (non-hydrogen) atoms. The third-order valence-electron chi connectivity index (χ3n) is 1.53. The van der Waals surface area contributed by atoms with Crippen LogP contribution in [-0.2, 0) is 9.59 Å². The molecule has 1 amide bonds. The van der Waals surface area contributed by atoms with Crippen molar-refractivity contribution in [3.63, 3.8) is 0 Å². The van der Waals surface area contributed by atoms with Crippen LogP contribution in [-0.4, -0.2) is 23.5 Å². The summed E-state index contributed by atoms with van der Waals surface area (Å²) in [6.07, 6.45) is 1.78. The van der Waals surface area contributed by atoms with Crippen LogP contribution in [0.1, 0.15) is 26.2 Å². The SMILES string of the molecule is C=C(CC(=O)NCCCC)C(=O)O. The molecule has 0 aliphatic rings. The van der Waals surface area contributed by atoms with Gasteiger partial charge in [0.2, 0.25) is 5.91 Å². The molecule has 4 heteroatoms. The van der Waals surface area contributed by atoms with E-state index in [-0.39, 0.29) is 17.9 Å². The van der Waals surface area contributed by atoms with Crippen molar-refractivity contribution >= 4 is 11.9 Å². The van der Waals surface area contributed by atoms with Crippen molar-refractivity contribution in [2.24, 2.45) is 0 Å². The highest BCUT2D eigenvalue weighted by atomic mass is 16.4. The summed E-state index contributed by atoms with van der Waals surface area (Å²) in [4.78, 5) is 21.3. The predicted molar refractivity (Wildman–Crippen MR) is 49.3 cm³/mol. The van der Waals surface area contributed by atoms with Crippen LogP contribution in [0.5, 0.6) is 0 Å². The average molecular weight is 185 g/mol. The quantitative estimate of drug-likeness (QED) is 0.478. The van der Waals surface area contributed by atoms with E-state index < -0.39 is 5.97 Å². The van der Waals surface area contributed by atoms with Gasteiger partial charge in [-0.2, -0.15) is 0 Å². The Morgan fingerprint density at radius 3 is 2.54 bits per heavy atom. The Balaban J connectivity index is 3.62. The van der Waals surface area contributed by atoms with Crippen LogP contribution in [0.25, 0.3) is 0 Å². The molecule has 0 aliphatic heterocycles. The van der Waals surface area contributed by atoms with Crippen LogP contribution in [0.4, 0.5) is 0 Å². The Morgan fingerprint density at radius 1 is 1.46 bits per heavy atom. The van der Waals surface area contributed by atoms with Crippen LogP contribution in [0.2, 0.25) is 0 Å². The first-order valence-electron chi connectivity index (χ1n) is 4.25. The molecule has 0 aromatic heterocycles. The maximum atomic E-state index is 11.0. The lowest BCUT2D eigenvalue weighted by molar-refractivity contribution is -0.134. The molecule has 74 valence electrons. The fourth-order valence-corrected chi connectivity index (χ4v) is 0.737. The Labute approximate surface area is 77.6 Å². The van der Waals surface area contributed by atoms with Crippen LogP contribution in [0.3, 0.4) is 0 Å². The minimum absolute atomic E-state index is 0.0750. The van der Waals surface area contributed by atoms with Gasteiger partial charge in [-0.15, -0.1) is 0 Å². The van der Waals surface area contributed by atoms with Gasteiger partial charge in [0.05, 0.1) is 6.42 Å². The van der Waals surface area contributed by atoms with Gasteiger partial charge < -0.3 is 10.4 Å². The van der Waals surface area contributed by atoms with Gasteiger partial charge in [-0.25, -0.2) is 4.79 Å². The van der Waals surface area contributed by atoms with Crippen molar-refractivity contribution in [2.75, 3.05) is 6.54 Å². The molecule has 0 radical (unpaired) electrons. The monoisotopic (exact) mass is 185 g/mol. The van der Waals surface area contributed by atoms with Crippen molar-refractivity contribution in [3.8, 4) is 0 Å². The molecule has 0 saturated carbocycles. The zero-order valence-electron chi connectivity index (χ0n) is 7.80. The van der Waals surface area contributed by atoms with Crippen molar-refractivity contribution in [1.29, 1.82) is 0 Å². The summed E-state index contributed by atoms with van der Waals surface area (Å²) in [7, 11) is 0. The molecule has 4 nitrogen and oxygen atoms in total. The molecule has 0 spiro atoms. The minimum atomic E-state index is -1.12. The molecule has 0 saturated heterocycles. The maximum Gasteiger partial charge on any atom is 0.331 e. The largest absolute Gasteiger partial charge is 0.478 e. The predicted octanol–water partition coefficient (Wildman–Crippen LogP) is 0.934. The zero-order chi connectivity index (χ0) is 10.3. The van der Waals surface area contributed by atoms with E-state index in [0.29, 0.717) is 6.54 Å². The van der Waals surface area contributed by atoms with Gasteiger partial charge in [0.1, 0.15) is 0 Å². The van der Waals surface area contributed by atoms with E-state index in [0.717, 1.165) is 12.8 Å². The number of aliphatic carboxylic acids is 1. The minimum Gasteiger partial charge on any atom is -0.478 e. The second-order valence-electron chi connectivity index (χ2n) is 2.79. The zero-order valence-corrected chi connectivity index (χ0v) is 7.80. The van der Waals surface area contributed by atoms with E-state index in [2.05, 4.69) is 11.9 Å². The average Bonchev–Trinajstić information content (AvgIpc) is 2.04. The number of rotatable bonds is 6. The van der Waals surface area contributed by atoms with E-state index in [1.54, 1.807) is 0 Å². The number of hydrogen-bond acceptors (Lipinski definition) is 2. The maximum absolute atomic E-state index is 11.0. The van der Waals surface area contributed by atoms with Crippen LogP contribution in [0.15, 0.2) is 12.2 Å². The first-order valence-corrected chi connectivity index (χ1v) is 4.25. The molecule has 0 bridgehead atoms. The van der Waals surface area contributed by atoms with E-state index in [9.17, 15) is 9.59 Å². The van der Waals surface area contributed by atoms with Crippen LogP contribution in [0, 0.1) is 0 Å². The highest BCUT2D eigenvalue weighted by Crippen LogP contribution is 1.97. The smallest absolute Gasteiger partial charge is 0.331 e. The number of nitrogens with one attached hydrogen (secondary N) is 1. The number of carboxylic acid groups (broad SMARTS) is 1. The van der Waals surface area contributed by atoms with Crippen molar-refractivity contribution in [1.82, 2.24) is 5.32 Å². The Hall–Kier alpha value is -1.32. The van der Waals surface area contributed by atoms with Crippen LogP contribution >= 0.6 is 0 Å². The Bertz CT molecular complexity index is 211. The van der Waals surface area contributed by atoms with E-state index in [1.165, 1.54) is 0 Å². The van der Waals surface area contributed by atoms with Gasteiger partial charge in [0, 0.05) is 12.1 Å². The normalized spacial score (nSPS) is 9.31. The molecule has 0 fully saturated rings. The summed E-state index contributed by atoms with van der Waals surface area (Å²) in [6, 6.07) is 0. The van der Waals surface area contributed by atoms with Gasteiger partial charge >= 0.3 is 5.97 Å². The highest BCUT2D eigenvalue weighted by Gasteiger charge is 2.08. The highest BCUT2D eigenvalue weighted by molar-refractivity contribution is 5.93. The van der Waals surface area contributed by atoms with Gasteiger partial charge in [-0.3, -0.25) is 4.79 Å². The van der Waals surface area contributed by atoms with E-state index >= 15 is 0 Å². The topological polar surface area (TPSA) is 66.4 Å². The third kappa shape index (κ3) is 5.90. The lowest BCUT2D eigenvalue weighted by atomic mass is 10.2. The van der Waals surface area contributed by atoms with Gasteiger partial charge in [0.15, 0.2) is 0 Å². The number of hydrogen-bond donors (Lipinski definition) is 2. The third-order valence-corrected chi connectivity index (χ3v) is 1.53. The van der Waals surface area contributed by atoms with Crippen molar-refractivity contribution in [2.45, 2.75) is 26.2 Å². The first-order chi connectivity index (χ1) is 6.07. The summed E-state index contributed by atoms with van der Waals surface area (Å²) in [5.41, 5.74) is -0.0750. The van der Waals surface area contributed by atoms with Crippen molar-refractivity contribution in [3.05, 3.63) is 12.2 Å². The molecule has 0 aliphatic carbocycles. The molecule has 0 aromatic rings. The van der Waals surface area contributed by atoms with E-state index in [4.69, 9.17) is 5.11 Å². The van der Waals surface area contributed by atoms with Crippen molar-refractivity contribution < 1.29 is 14.7 Å². The van der Waals surface area contributed by atoms with E-state index in [1.807, 2.05) is 6.92 Å². The molecular weight excluding hydrogens is 170 g/mol. The molecular formula is C9H15NO3. The van der Waals surface area contributed by atoms with Gasteiger partial charge in [-0.05, 0) is 6.42 Å². The standard InChI is InChI=1S/C9H15NO3/c1-3-4-5-10-8(11)6-7(2)9(12)13/h2-6H2,1H3,(H,10,11)(H,12,13). The summed E-state index contributed by atoms with van der Waals surface area (Å²) < 4.78 is 0. The lowest BCUT2D eigenvalue weighted by Gasteiger charge is -2.03. The summed E-state index contributed by atoms with van der Waals surface area (Å²) in [6.45, 7) is 5.88. The Morgan fingerprint density at radius 2 is 2.08 bits per heavy atom. The summed E-state index contributed by atoms with van der Waals surface area (Å²) in [5.74, 6) is -1.40. The summed E-state index contributed by atoms with van der Waals surface area (Å²) in [5, 5.41) is 11.0. The molecule has 2 N–H and O–H groups in total. The van der Waals surface area contributed by atoms with Crippen LogP contribution < -0.4 is 5.32 Å². The fourth-order valence-electron chi connectivity index (χ4n) is 0.737. The number of carbonyl (C=O) groups is 2. The molecule has 0 aromatic carbocycles. The Kier molecular flexibility index (Phi) is 5.59. The fraction of sp³-hybridized carbons (Fsp3) is 0.556. The number of amides is 1. The molecule has 0 rings (SSSR count). The molecule has 0 atom stereocenters. The summed E-state index contributed by atoms with van der Waals surface area (Å²) >= 11 is 0. The second kappa shape index (κ2) is 6.22. The molecule has 0 unspecified atom stereocenters.